The average molecular weight is 487 g/mol. The highest BCUT2D eigenvalue weighted by molar-refractivity contribution is 7.07. The summed E-state index contributed by atoms with van der Waals surface area (Å²) in [6, 6.07) is 8.16. The number of primary amides is 1. The maximum Gasteiger partial charge on any atom is 0.252 e. The molecule has 1 heterocycles. The standard InChI is InChI=1S/C23H26N4O6S/c1-30-10-9-25-23-27(17(13-34-23)14-5-7-18(28)16(11-14)22(24)29)26-12-15-6-8-19(31-2)21(33-4)20(15)32-3/h5-8,11-13,28H,9-10H2,1-4H3,(H2,24,29)/b25-23?,26-12+. The third-order valence-electron chi connectivity index (χ3n) is 4.83. The highest BCUT2D eigenvalue weighted by Crippen LogP contribution is 2.39. The van der Waals surface area contributed by atoms with E-state index in [2.05, 4.69) is 10.1 Å². The summed E-state index contributed by atoms with van der Waals surface area (Å²) in [5.41, 5.74) is 7.35. The van der Waals surface area contributed by atoms with Crippen LogP contribution >= 0.6 is 11.3 Å². The van der Waals surface area contributed by atoms with Crippen molar-refractivity contribution in [2.45, 2.75) is 0 Å². The Labute approximate surface area is 200 Å². The minimum atomic E-state index is -0.732. The van der Waals surface area contributed by atoms with E-state index in [4.69, 9.17) is 24.7 Å². The zero-order valence-electron chi connectivity index (χ0n) is 19.3. The van der Waals surface area contributed by atoms with Crippen LogP contribution in [0.4, 0.5) is 0 Å². The lowest BCUT2D eigenvalue weighted by Gasteiger charge is -2.13. The molecule has 0 bridgehead atoms. The summed E-state index contributed by atoms with van der Waals surface area (Å²) in [5, 5.41) is 16.5. The Morgan fingerprint density at radius 3 is 2.53 bits per heavy atom. The number of hydrogen-bond acceptors (Lipinski definition) is 9. The molecule has 0 atom stereocenters. The quantitative estimate of drug-likeness (QED) is 0.335. The van der Waals surface area contributed by atoms with Gasteiger partial charge in [-0.25, -0.2) is 4.68 Å². The molecule has 10 nitrogen and oxygen atoms in total. The van der Waals surface area contributed by atoms with Crippen LogP contribution in [0, 0.1) is 0 Å². The summed E-state index contributed by atoms with van der Waals surface area (Å²) >= 11 is 1.37. The third-order valence-corrected chi connectivity index (χ3v) is 5.69. The zero-order chi connectivity index (χ0) is 24.7. The number of thiazole rings is 1. The van der Waals surface area contributed by atoms with Crippen molar-refractivity contribution in [1.29, 1.82) is 0 Å². The van der Waals surface area contributed by atoms with E-state index in [9.17, 15) is 9.90 Å². The molecule has 3 aromatic rings. The summed E-state index contributed by atoms with van der Waals surface area (Å²) < 4.78 is 23.1. The van der Waals surface area contributed by atoms with E-state index in [1.165, 1.54) is 37.7 Å². The van der Waals surface area contributed by atoms with Gasteiger partial charge in [0.15, 0.2) is 11.5 Å². The molecule has 0 saturated carbocycles. The summed E-state index contributed by atoms with van der Waals surface area (Å²) in [6.45, 7) is 0.888. The second kappa shape index (κ2) is 11.3. The van der Waals surface area contributed by atoms with Gasteiger partial charge in [0.05, 0.1) is 52.0 Å². The largest absolute Gasteiger partial charge is 0.507 e. The smallest absolute Gasteiger partial charge is 0.252 e. The summed E-state index contributed by atoms with van der Waals surface area (Å²) in [7, 11) is 6.21. The molecule has 0 fully saturated rings. The number of aromatic nitrogens is 1. The Bertz CT molecular complexity index is 1260. The van der Waals surface area contributed by atoms with Gasteiger partial charge in [0, 0.05) is 23.6 Å². The topological polar surface area (TPSA) is 130 Å². The fourth-order valence-corrected chi connectivity index (χ4v) is 4.05. The van der Waals surface area contributed by atoms with Gasteiger partial charge in [-0.15, -0.1) is 11.3 Å². The third kappa shape index (κ3) is 5.21. The van der Waals surface area contributed by atoms with E-state index in [-0.39, 0.29) is 11.3 Å². The molecular formula is C23H26N4O6S. The van der Waals surface area contributed by atoms with Crippen LogP contribution < -0.4 is 24.7 Å². The van der Waals surface area contributed by atoms with Crippen molar-refractivity contribution in [2.75, 3.05) is 41.6 Å². The van der Waals surface area contributed by atoms with Gasteiger partial charge < -0.3 is 29.8 Å². The number of benzene rings is 2. The number of carbonyl (C=O) groups is 1. The molecule has 0 aliphatic carbocycles. The Balaban J connectivity index is 2.15. The zero-order valence-corrected chi connectivity index (χ0v) is 20.1. The van der Waals surface area contributed by atoms with Gasteiger partial charge in [0.2, 0.25) is 10.6 Å². The molecule has 11 heteroatoms. The number of methoxy groups -OCH3 is 4. The van der Waals surface area contributed by atoms with Crippen molar-refractivity contribution in [1.82, 2.24) is 4.68 Å². The van der Waals surface area contributed by atoms with E-state index in [0.717, 1.165) is 0 Å². The molecule has 180 valence electrons. The maximum absolute atomic E-state index is 11.7. The van der Waals surface area contributed by atoms with E-state index >= 15 is 0 Å². The van der Waals surface area contributed by atoms with Crippen molar-refractivity contribution in [3.8, 4) is 34.3 Å². The number of nitrogens with two attached hydrogens (primary N) is 1. The molecule has 2 aromatic carbocycles. The molecule has 34 heavy (non-hydrogen) atoms. The number of carbonyl (C=O) groups excluding carboxylic acids is 1. The highest BCUT2D eigenvalue weighted by Gasteiger charge is 2.16. The first-order valence-corrected chi connectivity index (χ1v) is 11.0. The Hall–Kier alpha value is -3.83. The van der Waals surface area contributed by atoms with Crippen molar-refractivity contribution < 1.29 is 28.8 Å². The lowest BCUT2D eigenvalue weighted by Crippen LogP contribution is -2.14. The molecule has 3 N–H and O–H groups in total. The van der Waals surface area contributed by atoms with Crippen LogP contribution in [-0.4, -0.2) is 63.5 Å². The van der Waals surface area contributed by atoms with E-state index in [0.29, 0.717) is 52.0 Å². The number of nitrogens with zero attached hydrogens (tertiary/aromatic N) is 3. The number of amides is 1. The molecule has 0 unspecified atom stereocenters. The molecule has 1 amide bonds. The number of phenols is 1. The molecule has 1 aromatic heterocycles. The Morgan fingerprint density at radius 2 is 1.88 bits per heavy atom. The van der Waals surface area contributed by atoms with Crippen LogP contribution in [0.5, 0.6) is 23.0 Å². The first kappa shape index (κ1) is 24.8. The highest BCUT2D eigenvalue weighted by atomic mass is 32.1. The first-order valence-electron chi connectivity index (χ1n) is 10.1. The molecule has 0 aliphatic rings. The van der Waals surface area contributed by atoms with E-state index in [1.807, 2.05) is 5.38 Å². The van der Waals surface area contributed by atoms with Crippen LogP contribution in [0.25, 0.3) is 11.3 Å². The number of hydrogen-bond donors (Lipinski definition) is 2. The Morgan fingerprint density at radius 1 is 1.12 bits per heavy atom. The van der Waals surface area contributed by atoms with Gasteiger partial charge in [-0.3, -0.25) is 9.79 Å². The summed E-state index contributed by atoms with van der Waals surface area (Å²) in [5.74, 6) is 0.505. The molecule has 3 rings (SSSR count). The van der Waals surface area contributed by atoms with Crippen molar-refractivity contribution in [3.05, 3.63) is 51.6 Å². The van der Waals surface area contributed by atoms with Gasteiger partial charge in [-0.05, 0) is 30.3 Å². The fraction of sp³-hybridized carbons (Fsp3) is 0.261. The van der Waals surface area contributed by atoms with E-state index < -0.39 is 5.91 Å². The van der Waals surface area contributed by atoms with Crippen LogP contribution in [0.3, 0.4) is 0 Å². The monoisotopic (exact) mass is 486 g/mol. The van der Waals surface area contributed by atoms with E-state index in [1.54, 1.807) is 43.3 Å². The molecule has 0 spiro atoms. The predicted molar refractivity (Wildman–Crippen MR) is 129 cm³/mol. The molecular weight excluding hydrogens is 460 g/mol. The first-order chi connectivity index (χ1) is 16.4. The lowest BCUT2D eigenvalue weighted by atomic mass is 10.1. The number of ether oxygens (including phenoxy) is 4. The lowest BCUT2D eigenvalue weighted by molar-refractivity contribution is 0.0998. The number of aromatic hydroxyl groups is 1. The van der Waals surface area contributed by atoms with Gasteiger partial charge in [-0.1, -0.05) is 0 Å². The van der Waals surface area contributed by atoms with Gasteiger partial charge >= 0.3 is 0 Å². The second-order valence-electron chi connectivity index (χ2n) is 6.85. The Kier molecular flexibility index (Phi) is 8.28. The summed E-state index contributed by atoms with van der Waals surface area (Å²) in [4.78, 5) is 16.9. The minimum absolute atomic E-state index is 0.0126. The van der Waals surface area contributed by atoms with Crippen LogP contribution in [0.15, 0.2) is 45.8 Å². The van der Waals surface area contributed by atoms with Gasteiger partial charge in [-0.2, -0.15) is 5.10 Å². The minimum Gasteiger partial charge on any atom is -0.507 e. The van der Waals surface area contributed by atoms with Crippen LogP contribution in [0.2, 0.25) is 0 Å². The average Bonchev–Trinajstić information content (AvgIpc) is 3.24. The van der Waals surface area contributed by atoms with Gasteiger partial charge in [0.1, 0.15) is 5.75 Å². The van der Waals surface area contributed by atoms with Crippen LogP contribution in [-0.2, 0) is 4.74 Å². The molecule has 0 saturated heterocycles. The summed E-state index contributed by atoms with van der Waals surface area (Å²) in [6.07, 6.45) is 1.61. The molecule has 0 aliphatic heterocycles. The van der Waals surface area contributed by atoms with Crippen LogP contribution in [0.1, 0.15) is 15.9 Å². The van der Waals surface area contributed by atoms with Crippen molar-refractivity contribution in [3.63, 3.8) is 0 Å². The van der Waals surface area contributed by atoms with Gasteiger partial charge in [0.25, 0.3) is 5.91 Å². The SMILES string of the molecule is COCCN=c1scc(-c2ccc(O)c(C(N)=O)c2)n1/N=C/c1ccc(OC)c(OC)c1OC. The molecule has 0 radical (unpaired) electrons. The second-order valence-corrected chi connectivity index (χ2v) is 7.69. The fourth-order valence-electron chi connectivity index (χ4n) is 3.19. The maximum atomic E-state index is 11.7. The number of rotatable bonds is 10. The normalized spacial score (nSPS) is 11.7. The predicted octanol–water partition coefficient (Wildman–Crippen LogP) is 2.48. The van der Waals surface area contributed by atoms with Crippen molar-refractivity contribution >= 4 is 23.5 Å². The van der Waals surface area contributed by atoms with Crippen molar-refractivity contribution in [2.24, 2.45) is 15.8 Å².